The van der Waals surface area contributed by atoms with E-state index >= 15 is 0 Å². The number of hydrogen-bond acceptors (Lipinski definition) is 5. The van der Waals surface area contributed by atoms with Crippen LogP contribution < -0.4 is 0 Å². The summed E-state index contributed by atoms with van der Waals surface area (Å²) in [6, 6.07) is 6.00. The molecule has 9 heteroatoms. The van der Waals surface area contributed by atoms with E-state index in [0.717, 1.165) is 16.0 Å². The smallest absolute Gasteiger partial charge is 0.254 e. The number of nitrogens with zero attached hydrogens (tertiary/aromatic N) is 5. The van der Waals surface area contributed by atoms with Crippen LogP contribution >= 0.6 is 0 Å². The van der Waals surface area contributed by atoms with Crippen molar-refractivity contribution >= 4 is 15.9 Å². The standard InChI is InChI=1S/C15H19N5O3S/c1-11-16-17-14-10-19(8-9-20(11)14)15(21)12-4-6-13(7-5-12)24(22,23)18(2)3/h4-7H,8-10H2,1-3H3. The number of aryl methyl sites for hydroxylation is 1. The minimum atomic E-state index is -3.49. The largest absolute Gasteiger partial charge is 0.329 e. The van der Waals surface area contributed by atoms with Crippen LogP contribution in [-0.4, -0.2) is 58.9 Å². The van der Waals surface area contributed by atoms with Crippen molar-refractivity contribution in [1.29, 1.82) is 0 Å². The van der Waals surface area contributed by atoms with E-state index in [-0.39, 0.29) is 10.8 Å². The van der Waals surface area contributed by atoms with Crippen LogP contribution in [0.15, 0.2) is 29.2 Å². The lowest BCUT2D eigenvalue weighted by Crippen LogP contribution is -2.38. The maximum atomic E-state index is 12.6. The van der Waals surface area contributed by atoms with Crippen molar-refractivity contribution < 1.29 is 13.2 Å². The van der Waals surface area contributed by atoms with Crippen LogP contribution in [0.3, 0.4) is 0 Å². The first-order valence-corrected chi connectivity index (χ1v) is 8.95. The van der Waals surface area contributed by atoms with Crippen LogP contribution in [0.1, 0.15) is 22.0 Å². The van der Waals surface area contributed by atoms with Gasteiger partial charge in [-0.2, -0.15) is 0 Å². The van der Waals surface area contributed by atoms with E-state index in [1.54, 1.807) is 17.0 Å². The van der Waals surface area contributed by atoms with E-state index in [9.17, 15) is 13.2 Å². The fraction of sp³-hybridized carbons (Fsp3) is 0.400. The van der Waals surface area contributed by atoms with Crippen LogP contribution in [0.25, 0.3) is 0 Å². The van der Waals surface area contributed by atoms with Gasteiger partial charge in [-0.05, 0) is 31.2 Å². The molecule has 8 nitrogen and oxygen atoms in total. The summed E-state index contributed by atoms with van der Waals surface area (Å²) in [5.74, 6) is 1.46. The summed E-state index contributed by atoms with van der Waals surface area (Å²) in [4.78, 5) is 14.5. The molecule has 1 aliphatic rings. The van der Waals surface area contributed by atoms with Gasteiger partial charge in [0.25, 0.3) is 5.91 Å². The number of aromatic nitrogens is 3. The van der Waals surface area contributed by atoms with Gasteiger partial charge in [0.05, 0.1) is 11.4 Å². The molecule has 0 aliphatic carbocycles. The topological polar surface area (TPSA) is 88.4 Å². The van der Waals surface area contributed by atoms with Crippen molar-refractivity contribution in [3.05, 3.63) is 41.5 Å². The molecule has 0 spiro atoms. The lowest BCUT2D eigenvalue weighted by Gasteiger charge is -2.27. The minimum absolute atomic E-state index is 0.143. The summed E-state index contributed by atoms with van der Waals surface area (Å²) in [5, 5.41) is 8.11. The zero-order valence-corrected chi connectivity index (χ0v) is 14.6. The molecule has 1 aromatic heterocycles. The number of amides is 1. The van der Waals surface area contributed by atoms with Gasteiger partial charge in [0, 0.05) is 32.7 Å². The van der Waals surface area contributed by atoms with Gasteiger partial charge in [-0.15, -0.1) is 10.2 Å². The van der Waals surface area contributed by atoms with Crippen molar-refractivity contribution in [2.45, 2.75) is 24.9 Å². The number of fused-ring (bicyclic) bond motifs is 1. The first kappa shape index (κ1) is 16.6. The van der Waals surface area contributed by atoms with Crippen LogP contribution in [0, 0.1) is 6.92 Å². The molecule has 0 bridgehead atoms. The number of rotatable bonds is 3. The second-order valence-electron chi connectivity index (χ2n) is 5.85. The van der Waals surface area contributed by atoms with E-state index in [1.165, 1.54) is 26.2 Å². The Kier molecular flexibility index (Phi) is 4.14. The SMILES string of the molecule is Cc1nnc2n1CCN(C(=O)c1ccc(S(=O)(=O)N(C)C)cc1)C2. The van der Waals surface area contributed by atoms with Gasteiger partial charge in [0.1, 0.15) is 5.82 Å². The highest BCUT2D eigenvalue weighted by molar-refractivity contribution is 7.89. The number of carbonyl (C=O) groups excluding carboxylic acids is 1. The summed E-state index contributed by atoms with van der Waals surface area (Å²) in [5.41, 5.74) is 0.456. The molecule has 24 heavy (non-hydrogen) atoms. The molecule has 3 rings (SSSR count). The third-order valence-corrected chi connectivity index (χ3v) is 5.93. The van der Waals surface area contributed by atoms with E-state index in [4.69, 9.17) is 0 Å². The lowest BCUT2D eigenvalue weighted by molar-refractivity contribution is 0.0706. The third-order valence-electron chi connectivity index (χ3n) is 4.11. The molecule has 0 N–H and O–H groups in total. The Bertz CT molecular complexity index is 871. The maximum Gasteiger partial charge on any atom is 0.254 e. The molecular weight excluding hydrogens is 330 g/mol. The van der Waals surface area contributed by atoms with Gasteiger partial charge in [-0.1, -0.05) is 0 Å². The van der Waals surface area contributed by atoms with Crippen LogP contribution in [0.5, 0.6) is 0 Å². The predicted molar refractivity (Wildman–Crippen MR) is 86.8 cm³/mol. The molecule has 0 atom stereocenters. The first-order valence-electron chi connectivity index (χ1n) is 7.51. The van der Waals surface area contributed by atoms with E-state index in [1.807, 2.05) is 11.5 Å². The molecule has 1 aliphatic heterocycles. The van der Waals surface area contributed by atoms with E-state index in [0.29, 0.717) is 25.2 Å². The summed E-state index contributed by atoms with van der Waals surface area (Å²) in [6.45, 7) is 3.52. The van der Waals surface area contributed by atoms with Gasteiger partial charge in [-0.25, -0.2) is 12.7 Å². The average Bonchev–Trinajstić information content (AvgIpc) is 2.95. The summed E-state index contributed by atoms with van der Waals surface area (Å²) in [7, 11) is -0.550. The number of benzene rings is 1. The Morgan fingerprint density at radius 2 is 1.79 bits per heavy atom. The molecule has 1 amide bonds. The van der Waals surface area contributed by atoms with E-state index in [2.05, 4.69) is 10.2 Å². The third kappa shape index (κ3) is 2.80. The Balaban J connectivity index is 1.79. The van der Waals surface area contributed by atoms with Crippen molar-refractivity contribution in [2.24, 2.45) is 0 Å². The quantitative estimate of drug-likeness (QED) is 0.805. The fourth-order valence-electron chi connectivity index (χ4n) is 2.64. The molecule has 128 valence electrons. The van der Waals surface area contributed by atoms with Gasteiger partial charge in [-0.3, -0.25) is 4.79 Å². The number of carbonyl (C=O) groups is 1. The highest BCUT2D eigenvalue weighted by atomic mass is 32.2. The molecule has 0 radical (unpaired) electrons. The molecule has 1 aromatic carbocycles. The van der Waals surface area contributed by atoms with Crippen LogP contribution in [0.2, 0.25) is 0 Å². The Morgan fingerprint density at radius 1 is 1.12 bits per heavy atom. The number of hydrogen-bond donors (Lipinski definition) is 0. The average molecular weight is 349 g/mol. The van der Waals surface area contributed by atoms with Crippen LogP contribution in [0.4, 0.5) is 0 Å². The van der Waals surface area contributed by atoms with Gasteiger partial charge >= 0.3 is 0 Å². The monoisotopic (exact) mass is 349 g/mol. The van der Waals surface area contributed by atoms with E-state index < -0.39 is 10.0 Å². The maximum absolute atomic E-state index is 12.6. The molecule has 0 unspecified atom stereocenters. The van der Waals surface area contributed by atoms with Gasteiger partial charge in [0.15, 0.2) is 5.82 Å². The normalized spacial score (nSPS) is 14.8. The summed E-state index contributed by atoms with van der Waals surface area (Å²) < 4.78 is 27.3. The molecular formula is C15H19N5O3S. The van der Waals surface area contributed by atoms with Gasteiger partial charge in [0.2, 0.25) is 10.0 Å². The minimum Gasteiger partial charge on any atom is -0.329 e. The zero-order chi connectivity index (χ0) is 17.5. The first-order chi connectivity index (χ1) is 11.3. The molecule has 0 saturated carbocycles. The number of sulfonamides is 1. The highest BCUT2D eigenvalue weighted by Crippen LogP contribution is 2.18. The van der Waals surface area contributed by atoms with Gasteiger partial charge < -0.3 is 9.47 Å². The zero-order valence-electron chi connectivity index (χ0n) is 13.8. The molecule has 0 saturated heterocycles. The highest BCUT2D eigenvalue weighted by Gasteiger charge is 2.25. The van der Waals surface area contributed by atoms with Crippen molar-refractivity contribution in [1.82, 2.24) is 24.0 Å². The molecule has 2 aromatic rings. The fourth-order valence-corrected chi connectivity index (χ4v) is 3.54. The second kappa shape index (κ2) is 5.99. The van der Waals surface area contributed by atoms with Crippen molar-refractivity contribution in [3.8, 4) is 0 Å². The summed E-state index contributed by atoms with van der Waals surface area (Å²) >= 11 is 0. The summed E-state index contributed by atoms with van der Waals surface area (Å²) in [6.07, 6.45) is 0. The second-order valence-corrected chi connectivity index (χ2v) is 8.01. The molecule has 2 heterocycles. The Labute approximate surface area is 140 Å². The van der Waals surface area contributed by atoms with Crippen molar-refractivity contribution in [3.63, 3.8) is 0 Å². The predicted octanol–water partition coefficient (Wildman–Crippen LogP) is 0.493. The van der Waals surface area contributed by atoms with Crippen LogP contribution in [-0.2, 0) is 23.1 Å². The lowest BCUT2D eigenvalue weighted by atomic mass is 10.2. The Morgan fingerprint density at radius 3 is 2.42 bits per heavy atom. The Hall–Kier alpha value is -2.26. The van der Waals surface area contributed by atoms with Crippen molar-refractivity contribution in [2.75, 3.05) is 20.6 Å². The molecule has 0 fully saturated rings.